The monoisotopic (exact) mass is 238 g/mol. The van der Waals surface area contributed by atoms with Crippen LogP contribution in [0.4, 0.5) is 0 Å². The Bertz CT molecular complexity index is 301. The molecule has 4 heteroatoms. The summed E-state index contributed by atoms with van der Waals surface area (Å²) in [6.07, 6.45) is 3.63. The second-order valence-corrected chi connectivity index (χ2v) is 3.89. The van der Waals surface area contributed by atoms with Crippen LogP contribution in [-0.4, -0.2) is 24.8 Å². The molecule has 0 aromatic carbocycles. The van der Waals surface area contributed by atoms with E-state index < -0.39 is 0 Å². The van der Waals surface area contributed by atoms with Gasteiger partial charge in [0, 0.05) is 12.6 Å². The SMILES string of the molecule is CCCOCCOc1ccc([C@H](N)CC)nc1. The average molecular weight is 238 g/mol. The predicted molar refractivity (Wildman–Crippen MR) is 68.1 cm³/mol. The van der Waals surface area contributed by atoms with E-state index in [0.29, 0.717) is 13.2 Å². The lowest BCUT2D eigenvalue weighted by molar-refractivity contribution is 0.100. The van der Waals surface area contributed by atoms with Gasteiger partial charge in [-0.2, -0.15) is 0 Å². The Kier molecular flexibility index (Phi) is 6.58. The molecule has 1 aromatic heterocycles. The maximum absolute atomic E-state index is 5.88. The van der Waals surface area contributed by atoms with Gasteiger partial charge in [-0.25, -0.2) is 0 Å². The van der Waals surface area contributed by atoms with Gasteiger partial charge in [-0.05, 0) is 25.0 Å². The van der Waals surface area contributed by atoms with Crippen molar-refractivity contribution < 1.29 is 9.47 Å². The normalized spacial score (nSPS) is 12.4. The second kappa shape index (κ2) is 8.03. The van der Waals surface area contributed by atoms with Gasteiger partial charge in [0.2, 0.25) is 0 Å². The minimum atomic E-state index is 0.0111. The quantitative estimate of drug-likeness (QED) is 0.706. The third kappa shape index (κ3) is 5.15. The number of hydrogen-bond donors (Lipinski definition) is 1. The summed E-state index contributed by atoms with van der Waals surface area (Å²) in [4.78, 5) is 4.27. The van der Waals surface area contributed by atoms with Gasteiger partial charge >= 0.3 is 0 Å². The summed E-state index contributed by atoms with van der Waals surface area (Å²) in [5.74, 6) is 0.761. The van der Waals surface area contributed by atoms with E-state index in [-0.39, 0.29) is 6.04 Å². The molecule has 0 saturated heterocycles. The molecule has 96 valence electrons. The van der Waals surface area contributed by atoms with E-state index >= 15 is 0 Å². The molecule has 0 amide bonds. The molecule has 0 aliphatic rings. The Morgan fingerprint density at radius 1 is 1.24 bits per heavy atom. The first-order chi connectivity index (χ1) is 8.27. The number of rotatable bonds is 8. The molecule has 0 spiro atoms. The fourth-order valence-electron chi connectivity index (χ4n) is 1.37. The molecule has 17 heavy (non-hydrogen) atoms. The molecule has 1 atom stereocenters. The molecule has 1 heterocycles. The Morgan fingerprint density at radius 3 is 2.65 bits per heavy atom. The van der Waals surface area contributed by atoms with Gasteiger partial charge in [0.05, 0.1) is 18.5 Å². The number of aromatic nitrogens is 1. The lowest BCUT2D eigenvalue weighted by Crippen LogP contribution is -2.11. The van der Waals surface area contributed by atoms with Crippen LogP contribution >= 0.6 is 0 Å². The zero-order valence-corrected chi connectivity index (χ0v) is 10.7. The van der Waals surface area contributed by atoms with Crippen molar-refractivity contribution in [1.82, 2.24) is 4.98 Å². The minimum Gasteiger partial charge on any atom is -0.490 e. The van der Waals surface area contributed by atoms with E-state index in [0.717, 1.165) is 30.9 Å². The summed E-state index contributed by atoms with van der Waals surface area (Å²) < 4.78 is 10.8. The first-order valence-electron chi connectivity index (χ1n) is 6.20. The molecule has 1 aromatic rings. The standard InChI is InChI=1S/C13H22N2O2/c1-3-7-16-8-9-17-11-5-6-13(15-10-11)12(14)4-2/h5-6,10,12H,3-4,7-9,14H2,1-2H3/t12-/m1/s1. The Balaban J connectivity index is 2.30. The lowest BCUT2D eigenvalue weighted by atomic mass is 10.1. The van der Waals surface area contributed by atoms with Crippen molar-refractivity contribution in [3.8, 4) is 5.75 Å². The van der Waals surface area contributed by atoms with Crippen molar-refractivity contribution in [3.63, 3.8) is 0 Å². The molecule has 0 bridgehead atoms. The van der Waals surface area contributed by atoms with Crippen molar-refractivity contribution in [3.05, 3.63) is 24.0 Å². The van der Waals surface area contributed by atoms with Gasteiger partial charge in [-0.15, -0.1) is 0 Å². The molecular formula is C13H22N2O2. The van der Waals surface area contributed by atoms with Crippen molar-refractivity contribution in [2.45, 2.75) is 32.7 Å². The van der Waals surface area contributed by atoms with Gasteiger partial charge in [-0.1, -0.05) is 13.8 Å². The molecule has 0 aliphatic heterocycles. The highest BCUT2D eigenvalue weighted by Gasteiger charge is 2.04. The first-order valence-corrected chi connectivity index (χ1v) is 6.20. The largest absolute Gasteiger partial charge is 0.490 e. The van der Waals surface area contributed by atoms with Crippen LogP contribution in [0, 0.1) is 0 Å². The number of pyridine rings is 1. The fraction of sp³-hybridized carbons (Fsp3) is 0.615. The van der Waals surface area contributed by atoms with E-state index in [1.807, 2.05) is 19.1 Å². The van der Waals surface area contributed by atoms with Gasteiger partial charge < -0.3 is 15.2 Å². The third-order valence-electron chi connectivity index (χ3n) is 2.42. The maximum atomic E-state index is 5.88. The van der Waals surface area contributed by atoms with Crippen LogP contribution in [0.5, 0.6) is 5.75 Å². The molecule has 2 N–H and O–H groups in total. The Hall–Kier alpha value is -1.13. The van der Waals surface area contributed by atoms with E-state index in [4.69, 9.17) is 15.2 Å². The number of nitrogens with two attached hydrogens (primary N) is 1. The number of ether oxygens (including phenoxy) is 2. The van der Waals surface area contributed by atoms with Crippen molar-refractivity contribution in [1.29, 1.82) is 0 Å². The smallest absolute Gasteiger partial charge is 0.137 e. The summed E-state index contributed by atoms with van der Waals surface area (Å²) in [5.41, 5.74) is 6.78. The van der Waals surface area contributed by atoms with Crippen LogP contribution in [0.3, 0.4) is 0 Å². The van der Waals surface area contributed by atoms with Gasteiger partial charge in [0.15, 0.2) is 0 Å². The van der Waals surface area contributed by atoms with Crippen LogP contribution in [0.15, 0.2) is 18.3 Å². The van der Waals surface area contributed by atoms with Crippen molar-refractivity contribution >= 4 is 0 Å². The molecule has 1 rings (SSSR count). The Morgan fingerprint density at radius 2 is 2.06 bits per heavy atom. The highest BCUT2D eigenvalue weighted by atomic mass is 16.5. The molecule has 0 fully saturated rings. The number of nitrogens with zero attached hydrogens (tertiary/aromatic N) is 1. The van der Waals surface area contributed by atoms with E-state index in [1.54, 1.807) is 6.20 Å². The van der Waals surface area contributed by atoms with E-state index in [9.17, 15) is 0 Å². The van der Waals surface area contributed by atoms with E-state index in [1.165, 1.54) is 0 Å². The van der Waals surface area contributed by atoms with Crippen LogP contribution in [0.1, 0.15) is 38.4 Å². The highest BCUT2D eigenvalue weighted by molar-refractivity contribution is 5.21. The molecule has 0 aliphatic carbocycles. The van der Waals surface area contributed by atoms with Crippen LogP contribution < -0.4 is 10.5 Å². The van der Waals surface area contributed by atoms with Crippen LogP contribution in [0.25, 0.3) is 0 Å². The summed E-state index contributed by atoms with van der Waals surface area (Å²) in [7, 11) is 0. The summed E-state index contributed by atoms with van der Waals surface area (Å²) in [6, 6.07) is 3.82. The lowest BCUT2D eigenvalue weighted by Gasteiger charge is -2.10. The third-order valence-corrected chi connectivity index (χ3v) is 2.42. The van der Waals surface area contributed by atoms with Crippen molar-refractivity contribution in [2.75, 3.05) is 19.8 Å². The van der Waals surface area contributed by atoms with E-state index in [2.05, 4.69) is 11.9 Å². The summed E-state index contributed by atoms with van der Waals surface area (Å²) >= 11 is 0. The average Bonchev–Trinajstić information content (AvgIpc) is 2.38. The summed E-state index contributed by atoms with van der Waals surface area (Å²) in [6.45, 7) is 6.08. The molecule has 0 saturated carbocycles. The van der Waals surface area contributed by atoms with Gasteiger partial charge in [0.1, 0.15) is 12.4 Å². The number of hydrogen-bond acceptors (Lipinski definition) is 4. The highest BCUT2D eigenvalue weighted by Crippen LogP contribution is 2.14. The fourth-order valence-corrected chi connectivity index (χ4v) is 1.37. The zero-order chi connectivity index (χ0) is 12.5. The molecular weight excluding hydrogens is 216 g/mol. The zero-order valence-electron chi connectivity index (χ0n) is 10.7. The predicted octanol–water partition coefficient (Wildman–Crippen LogP) is 2.30. The molecule has 0 unspecified atom stereocenters. The van der Waals surface area contributed by atoms with Crippen molar-refractivity contribution in [2.24, 2.45) is 5.73 Å². The molecule has 0 radical (unpaired) electrons. The first kappa shape index (κ1) is 13.9. The van der Waals surface area contributed by atoms with Crippen LogP contribution in [0.2, 0.25) is 0 Å². The molecule has 4 nitrogen and oxygen atoms in total. The maximum Gasteiger partial charge on any atom is 0.137 e. The minimum absolute atomic E-state index is 0.0111. The van der Waals surface area contributed by atoms with Gasteiger partial charge in [-0.3, -0.25) is 4.98 Å². The summed E-state index contributed by atoms with van der Waals surface area (Å²) in [5, 5.41) is 0. The second-order valence-electron chi connectivity index (χ2n) is 3.89. The topological polar surface area (TPSA) is 57.4 Å². The van der Waals surface area contributed by atoms with Crippen LogP contribution in [-0.2, 0) is 4.74 Å². The Labute approximate surface area is 103 Å². The van der Waals surface area contributed by atoms with Gasteiger partial charge in [0.25, 0.3) is 0 Å².